The third-order valence-corrected chi connectivity index (χ3v) is 20.1. The van der Waals surface area contributed by atoms with Crippen molar-refractivity contribution in [3.63, 3.8) is 0 Å². The van der Waals surface area contributed by atoms with Crippen LogP contribution in [-0.2, 0) is 12.8 Å². The van der Waals surface area contributed by atoms with Crippen molar-refractivity contribution in [3.8, 4) is 55.6 Å². The summed E-state index contributed by atoms with van der Waals surface area (Å²) in [5, 5.41) is 0. The SMILES string of the molecule is CCCc1ccc(-c2ccc(N(C)c3ccc(S(c4ccccc4)(c4ccccc4)c4ccc(N(c5ccc(-c6ccc(CCC)cc6)cc5)c5ccc(-c6ccc(-c7ccc(-c8ccc(C)cc8)cc7)cc6)cc5)cc4)cc3)cc2)cc1. The molecule has 0 aromatic heterocycles. The number of nitrogens with zero attached hydrogens (tertiary/aromatic N) is 2. The Morgan fingerprint density at radius 2 is 0.482 bits per heavy atom. The summed E-state index contributed by atoms with van der Waals surface area (Å²) in [6.45, 7) is 6.60. The van der Waals surface area contributed by atoms with Gasteiger partial charge in [0.05, 0.1) is 0 Å². The molecule has 0 unspecified atom stereocenters. The summed E-state index contributed by atoms with van der Waals surface area (Å²) < 4.78 is 0. The van der Waals surface area contributed by atoms with Crippen LogP contribution in [0.1, 0.15) is 43.4 Å². The molecule has 0 bridgehead atoms. The molecule has 0 fully saturated rings. The molecule has 12 aromatic rings. The molecular weight excluding hydrogens is 1020 g/mol. The van der Waals surface area contributed by atoms with Crippen molar-refractivity contribution >= 4 is 38.5 Å². The van der Waals surface area contributed by atoms with Crippen LogP contribution in [0.3, 0.4) is 0 Å². The average Bonchev–Trinajstić information content (AvgIpc) is 3.43. The highest BCUT2D eigenvalue weighted by Gasteiger charge is 2.33. The van der Waals surface area contributed by atoms with Gasteiger partial charge in [-0.05, 0) is 196 Å². The molecule has 0 saturated heterocycles. The molecule has 0 aliphatic carbocycles. The molecule has 0 aliphatic heterocycles. The van der Waals surface area contributed by atoms with Gasteiger partial charge in [0.2, 0.25) is 0 Å². The number of hydrogen-bond donors (Lipinski definition) is 0. The van der Waals surface area contributed by atoms with Crippen LogP contribution in [0.25, 0.3) is 55.6 Å². The van der Waals surface area contributed by atoms with Crippen molar-refractivity contribution in [3.05, 3.63) is 320 Å². The van der Waals surface area contributed by atoms with Gasteiger partial charge in [-0.3, -0.25) is 0 Å². The molecule has 0 radical (unpaired) electrons. The lowest BCUT2D eigenvalue weighted by atomic mass is 9.97. The van der Waals surface area contributed by atoms with E-state index in [1.54, 1.807) is 0 Å². The Labute approximate surface area is 494 Å². The topological polar surface area (TPSA) is 6.48 Å². The highest BCUT2D eigenvalue weighted by molar-refractivity contribution is 8.34. The van der Waals surface area contributed by atoms with Crippen LogP contribution in [0.4, 0.5) is 28.4 Å². The molecule has 83 heavy (non-hydrogen) atoms. The molecule has 0 aliphatic rings. The minimum Gasteiger partial charge on any atom is -0.345 e. The Morgan fingerprint density at radius 3 is 0.783 bits per heavy atom. The van der Waals surface area contributed by atoms with E-state index in [-0.39, 0.29) is 0 Å². The van der Waals surface area contributed by atoms with Gasteiger partial charge in [-0.25, -0.2) is 0 Å². The normalized spacial score (nSPS) is 11.5. The van der Waals surface area contributed by atoms with Gasteiger partial charge in [0.25, 0.3) is 0 Å². The number of benzene rings is 12. The number of aryl methyl sites for hydroxylation is 3. The fourth-order valence-corrected chi connectivity index (χ4v) is 15.4. The molecule has 406 valence electrons. The van der Waals surface area contributed by atoms with E-state index >= 15 is 0 Å². The van der Waals surface area contributed by atoms with Gasteiger partial charge in [0, 0.05) is 55.1 Å². The molecule has 0 N–H and O–H groups in total. The summed E-state index contributed by atoms with van der Waals surface area (Å²) in [5.74, 6) is 0. The predicted molar refractivity (Wildman–Crippen MR) is 356 cm³/mol. The lowest BCUT2D eigenvalue weighted by Gasteiger charge is -2.42. The number of anilines is 5. The lowest BCUT2D eigenvalue weighted by Crippen LogP contribution is -2.11. The fourth-order valence-electron chi connectivity index (χ4n) is 11.6. The van der Waals surface area contributed by atoms with E-state index in [9.17, 15) is 0 Å². The number of hydrogen-bond acceptors (Lipinski definition) is 2. The molecule has 2 nitrogen and oxygen atoms in total. The summed E-state index contributed by atoms with van der Waals surface area (Å²) in [6.07, 6.45) is 4.50. The van der Waals surface area contributed by atoms with E-state index in [1.165, 1.54) is 91.9 Å². The van der Waals surface area contributed by atoms with E-state index in [0.29, 0.717) is 0 Å². The van der Waals surface area contributed by atoms with Crippen molar-refractivity contribution in [2.75, 3.05) is 16.8 Å². The first kappa shape index (κ1) is 54.2. The molecule has 3 heteroatoms. The van der Waals surface area contributed by atoms with Crippen molar-refractivity contribution in [2.45, 2.75) is 66.0 Å². The maximum atomic E-state index is 2.40. The maximum Gasteiger partial charge on any atom is 0.0462 e. The monoisotopic (exact) mass is 1090 g/mol. The van der Waals surface area contributed by atoms with Crippen molar-refractivity contribution in [2.24, 2.45) is 0 Å². The molecule has 0 heterocycles. The fraction of sp³-hybridized carbons (Fsp3) is 0.100. The second kappa shape index (κ2) is 24.8. The molecule has 0 spiro atoms. The summed E-state index contributed by atoms with van der Waals surface area (Å²) in [5.41, 5.74) is 21.7. The van der Waals surface area contributed by atoms with E-state index in [2.05, 4.69) is 341 Å². The van der Waals surface area contributed by atoms with Crippen LogP contribution < -0.4 is 9.80 Å². The second-order valence-electron chi connectivity index (χ2n) is 21.7. The molecule has 0 saturated carbocycles. The van der Waals surface area contributed by atoms with Gasteiger partial charge in [-0.1, -0.05) is 226 Å². The summed E-state index contributed by atoms with van der Waals surface area (Å²) in [4.78, 5) is 9.79. The molecular formula is C80H70N2S. The predicted octanol–water partition coefficient (Wildman–Crippen LogP) is 22.8. The highest BCUT2D eigenvalue weighted by Crippen LogP contribution is 2.73. The molecule has 0 atom stereocenters. The zero-order chi connectivity index (χ0) is 56.5. The minimum absolute atomic E-state index is 1.09. The lowest BCUT2D eigenvalue weighted by molar-refractivity contribution is 0.922. The zero-order valence-electron chi connectivity index (χ0n) is 48.0. The van der Waals surface area contributed by atoms with E-state index < -0.39 is 10.0 Å². The van der Waals surface area contributed by atoms with E-state index in [0.717, 1.165) is 54.1 Å². The average molecular weight is 1090 g/mol. The summed E-state index contributed by atoms with van der Waals surface area (Å²) in [7, 11) is 0.180. The third kappa shape index (κ3) is 11.6. The van der Waals surface area contributed by atoms with Crippen molar-refractivity contribution < 1.29 is 0 Å². The summed E-state index contributed by atoms with van der Waals surface area (Å²) in [6, 6.07) is 113. The first-order valence-corrected chi connectivity index (χ1v) is 30.9. The summed E-state index contributed by atoms with van der Waals surface area (Å²) >= 11 is 0. The van der Waals surface area contributed by atoms with Gasteiger partial charge >= 0.3 is 0 Å². The molecule has 12 aromatic carbocycles. The Hall–Kier alpha value is -9.41. The zero-order valence-corrected chi connectivity index (χ0v) is 48.8. The Morgan fingerprint density at radius 1 is 0.253 bits per heavy atom. The van der Waals surface area contributed by atoms with Gasteiger partial charge in [-0.15, -0.1) is 10.0 Å². The minimum atomic E-state index is -1.99. The Kier molecular flexibility index (Phi) is 16.2. The van der Waals surface area contributed by atoms with Gasteiger partial charge in [-0.2, -0.15) is 0 Å². The Balaban J connectivity index is 0.877. The first-order chi connectivity index (χ1) is 40.8. The third-order valence-electron chi connectivity index (χ3n) is 16.2. The van der Waals surface area contributed by atoms with Crippen LogP contribution in [0.15, 0.2) is 323 Å². The van der Waals surface area contributed by atoms with Gasteiger partial charge in [0.15, 0.2) is 0 Å². The van der Waals surface area contributed by atoms with E-state index in [4.69, 9.17) is 0 Å². The van der Waals surface area contributed by atoms with Crippen LogP contribution in [0.5, 0.6) is 0 Å². The largest absolute Gasteiger partial charge is 0.345 e. The second-order valence-corrected chi connectivity index (χ2v) is 24.8. The maximum absolute atomic E-state index is 2.40. The molecule has 0 amide bonds. The van der Waals surface area contributed by atoms with E-state index in [1.807, 2.05) is 0 Å². The van der Waals surface area contributed by atoms with Gasteiger partial charge in [0.1, 0.15) is 0 Å². The van der Waals surface area contributed by atoms with Crippen LogP contribution in [0, 0.1) is 6.92 Å². The quantitative estimate of drug-likeness (QED) is 0.0845. The Bertz CT molecular complexity index is 3970. The van der Waals surface area contributed by atoms with Crippen LogP contribution >= 0.6 is 10.0 Å². The highest BCUT2D eigenvalue weighted by atomic mass is 32.3. The number of rotatable bonds is 18. The van der Waals surface area contributed by atoms with Crippen LogP contribution in [0.2, 0.25) is 0 Å². The standard InChI is InChI=1S/C80H70N2S/c1-5-13-60-21-27-63(28-22-60)69-39-45-72(46-40-69)81(4)73-51-55-79(56-52-73)83(77-15-9-7-10-16-77,78-17-11-8-12-18-78)80-57-53-76(54-58-80)82(74-47-41-70(42-48-74)64-29-23-61(14-6-2)24-30-64)75-49-43-71(44-50-75)68-37-35-67(36-38-68)66-33-31-65(32-34-66)62-25-19-59(3)20-26-62/h7-12,15-58H,5-6,13-14H2,1-4H3. The van der Waals surface area contributed by atoms with Gasteiger partial charge < -0.3 is 9.80 Å². The van der Waals surface area contributed by atoms with Crippen molar-refractivity contribution in [1.29, 1.82) is 0 Å². The van der Waals surface area contributed by atoms with Crippen molar-refractivity contribution in [1.82, 2.24) is 0 Å². The molecule has 12 rings (SSSR count). The smallest absolute Gasteiger partial charge is 0.0462 e. The van der Waals surface area contributed by atoms with Crippen LogP contribution in [-0.4, -0.2) is 7.05 Å². The first-order valence-electron chi connectivity index (χ1n) is 29.3.